The number of fused-ring (bicyclic) bond motifs is 1. The van der Waals surface area contributed by atoms with Crippen LogP contribution in [0, 0.1) is 0 Å². The van der Waals surface area contributed by atoms with Crippen LogP contribution >= 0.6 is 11.8 Å². The molecular weight excluding hydrogens is 332 g/mol. The summed E-state index contributed by atoms with van der Waals surface area (Å²) in [5.41, 5.74) is 1.71. The summed E-state index contributed by atoms with van der Waals surface area (Å²) in [6.07, 6.45) is 6.97. The van der Waals surface area contributed by atoms with Gasteiger partial charge in [-0.2, -0.15) is 0 Å². The predicted octanol–water partition coefficient (Wildman–Crippen LogP) is 2.29. The third-order valence-corrected chi connectivity index (χ3v) is 6.84. The minimum atomic E-state index is -3.69. The first-order chi connectivity index (χ1) is 10.9. The number of anilines is 1. The van der Waals surface area contributed by atoms with E-state index in [0.717, 1.165) is 11.3 Å². The zero-order valence-electron chi connectivity index (χ0n) is 13.0. The molecule has 1 aliphatic heterocycles. The molecule has 2 aliphatic rings. The predicted molar refractivity (Wildman–Crippen MR) is 93.2 cm³/mol. The van der Waals surface area contributed by atoms with E-state index >= 15 is 0 Å². The topological polar surface area (TPSA) is 80.5 Å². The van der Waals surface area contributed by atoms with Gasteiger partial charge in [0.2, 0.25) is 15.9 Å². The van der Waals surface area contributed by atoms with Gasteiger partial charge in [0.15, 0.2) is 0 Å². The number of rotatable bonds is 4. The number of thioether (sulfide) groups is 1. The molecule has 1 aliphatic carbocycles. The molecule has 1 amide bonds. The van der Waals surface area contributed by atoms with Crippen molar-refractivity contribution in [2.24, 2.45) is 5.14 Å². The SMILES string of the molecule is NS(=O)(=O)c1ccc2c(c1)CCN2C(=O)CSC1CCCCC1. The zero-order valence-corrected chi connectivity index (χ0v) is 14.7. The van der Waals surface area contributed by atoms with Crippen molar-refractivity contribution < 1.29 is 13.2 Å². The number of hydrogen-bond acceptors (Lipinski definition) is 4. The molecule has 7 heteroatoms. The van der Waals surface area contributed by atoms with E-state index in [1.807, 2.05) is 0 Å². The van der Waals surface area contributed by atoms with Gasteiger partial charge >= 0.3 is 0 Å². The molecule has 1 heterocycles. The molecule has 3 rings (SSSR count). The number of nitrogens with two attached hydrogens (primary N) is 1. The van der Waals surface area contributed by atoms with Crippen LogP contribution in [0.2, 0.25) is 0 Å². The van der Waals surface area contributed by atoms with Gasteiger partial charge < -0.3 is 4.90 Å². The number of hydrogen-bond donors (Lipinski definition) is 1. The molecule has 0 bridgehead atoms. The lowest BCUT2D eigenvalue weighted by Crippen LogP contribution is -2.31. The summed E-state index contributed by atoms with van der Waals surface area (Å²) in [5.74, 6) is 0.615. The van der Waals surface area contributed by atoms with Crippen LogP contribution in [0.25, 0.3) is 0 Å². The number of carbonyl (C=O) groups excluding carboxylic acids is 1. The van der Waals surface area contributed by atoms with Crippen molar-refractivity contribution in [3.05, 3.63) is 23.8 Å². The van der Waals surface area contributed by atoms with Gasteiger partial charge in [-0.05, 0) is 43.0 Å². The van der Waals surface area contributed by atoms with Crippen molar-refractivity contribution in [1.82, 2.24) is 0 Å². The quantitative estimate of drug-likeness (QED) is 0.899. The highest BCUT2D eigenvalue weighted by Crippen LogP contribution is 2.32. The Hall–Kier alpha value is -1.05. The maximum atomic E-state index is 12.5. The van der Waals surface area contributed by atoms with Crippen LogP contribution in [0.1, 0.15) is 37.7 Å². The Morgan fingerprint density at radius 1 is 1.26 bits per heavy atom. The highest BCUT2D eigenvalue weighted by atomic mass is 32.2. The summed E-state index contributed by atoms with van der Waals surface area (Å²) < 4.78 is 22.8. The Bertz CT molecular complexity index is 697. The van der Waals surface area contributed by atoms with E-state index < -0.39 is 10.0 Å². The fourth-order valence-corrected chi connectivity index (χ4v) is 5.08. The fourth-order valence-electron chi connectivity index (χ4n) is 3.31. The first kappa shape index (κ1) is 16.8. The molecule has 5 nitrogen and oxygen atoms in total. The van der Waals surface area contributed by atoms with Gasteiger partial charge in [-0.25, -0.2) is 13.6 Å². The second-order valence-corrected chi connectivity index (χ2v) is 9.05. The summed E-state index contributed by atoms with van der Waals surface area (Å²) in [4.78, 5) is 14.4. The van der Waals surface area contributed by atoms with Crippen molar-refractivity contribution in [2.45, 2.75) is 48.7 Å². The van der Waals surface area contributed by atoms with Crippen LogP contribution in [0.5, 0.6) is 0 Å². The molecule has 0 atom stereocenters. The van der Waals surface area contributed by atoms with Gasteiger partial charge in [0, 0.05) is 17.5 Å². The second-order valence-electron chi connectivity index (χ2n) is 6.20. The summed E-state index contributed by atoms with van der Waals surface area (Å²) >= 11 is 1.77. The molecule has 23 heavy (non-hydrogen) atoms. The Morgan fingerprint density at radius 2 is 2.00 bits per heavy atom. The zero-order chi connectivity index (χ0) is 16.4. The van der Waals surface area contributed by atoms with E-state index in [9.17, 15) is 13.2 Å². The van der Waals surface area contributed by atoms with Crippen LogP contribution in [0.4, 0.5) is 5.69 Å². The van der Waals surface area contributed by atoms with Gasteiger partial charge in [-0.15, -0.1) is 11.8 Å². The molecule has 0 unspecified atom stereocenters. The van der Waals surface area contributed by atoms with Gasteiger partial charge in [-0.1, -0.05) is 19.3 Å². The second kappa shape index (κ2) is 6.83. The summed E-state index contributed by atoms with van der Waals surface area (Å²) in [6, 6.07) is 4.77. The van der Waals surface area contributed by atoms with E-state index in [2.05, 4.69) is 0 Å². The number of carbonyl (C=O) groups is 1. The monoisotopic (exact) mass is 354 g/mol. The van der Waals surface area contributed by atoms with Crippen molar-refractivity contribution >= 4 is 33.4 Å². The van der Waals surface area contributed by atoms with Gasteiger partial charge in [-0.3, -0.25) is 4.79 Å². The van der Waals surface area contributed by atoms with E-state index in [0.29, 0.717) is 24.0 Å². The average Bonchev–Trinajstić information content (AvgIpc) is 2.96. The van der Waals surface area contributed by atoms with Crippen molar-refractivity contribution in [2.75, 3.05) is 17.2 Å². The Morgan fingerprint density at radius 3 is 2.70 bits per heavy atom. The summed E-state index contributed by atoms with van der Waals surface area (Å²) in [6.45, 7) is 0.619. The normalized spacial score (nSPS) is 18.9. The van der Waals surface area contributed by atoms with E-state index in [1.165, 1.54) is 38.2 Å². The standard InChI is InChI=1S/C16H22N2O3S2/c17-23(20,21)14-6-7-15-12(10-14)8-9-18(15)16(19)11-22-13-4-2-1-3-5-13/h6-7,10,13H,1-5,8-9,11H2,(H2,17,20,21). The van der Waals surface area contributed by atoms with Crippen LogP contribution < -0.4 is 10.0 Å². The van der Waals surface area contributed by atoms with Crippen LogP contribution in [-0.4, -0.2) is 31.9 Å². The Kier molecular flexibility index (Phi) is 4.98. The molecule has 1 saturated carbocycles. The maximum Gasteiger partial charge on any atom is 0.238 e. The molecule has 1 fully saturated rings. The molecule has 1 aromatic rings. The highest BCUT2D eigenvalue weighted by molar-refractivity contribution is 8.00. The number of sulfonamides is 1. The number of amides is 1. The Labute approximate surface area is 141 Å². The molecule has 1 aromatic carbocycles. The van der Waals surface area contributed by atoms with E-state index in [-0.39, 0.29) is 10.8 Å². The van der Waals surface area contributed by atoms with Crippen LogP contribution in [0.15, 0.2) is 23.1 Å². The first-order valence-corrected chi connectivity index (χ1v) is 10.6. The maximum absolute atomic E-state index is 12.5. The first-order valence-electron chi connectivity index (χ1n) is 8.03. The Balaban J connectivity index is 1.66. The van der Waals surface area contributed by atoms with Crippen molar-refractivity contribution in [3.8, 4) is 0 Å². The molecule has 0 aromatic heterocycles. The number of primary sulfonamides is 1. The largest absolute Gasteiger partial charge is 0.311 e. The smallest absolute Gasteiger partial charge is 0.238 e. The van der Waals surface area contributed by atoms with Gasteiger partial charge in [0.25, 0.3) is 0 Å². The summed E-state index contributed by atoms with van der Waals surface area (Å²) in [7, 11) is -3.69. The minimum Gasteiger partial charge on any atom is -0.311 e. The van der Waals surface area contributed by atoms with Crippen molar-refractivity contribution in [1.29, 1.82) is 0 Å². The molecule has 0 saturated heterocycles. The van der Waals surface area contributed by atoms with E-state index in [4.69, 9.17) is 5.14 Å². The van der Waals surface area contributed by atoms with E-state index in [1.54, 1.807) is 28.8 Å². The highest BCUT2D eigenvalue weighted by Gasteiger charge is 2.26. The minimum absolute atomic E-state index is 0.113. The third-order valence-electron chi connectivity index (χ3n) is 4.57. The number of nitrogens with zero attached hydrogens (tertiary/aromatic N) is 1. The van der Waals surface area contributed by atoms with Crippen LogP contribution in [-0.2, 0) is 21.2 Å². The summed E-state index contributed by atoms with van der Waals surface area (Å²) in [5, 5.41) is 5.77. The number of benzene rings is 1. The van der Waals surface area contributed by atoms with Crippen LogP contribution in [0.3, 0.4) is 0 Å². The molecule has 0 radical (unpaired) electrons. The molecular formula is C16H22N2O3S2. The van der Waals surface area contributed by atoms with Gasteiger partial charge in [0.05, 0.1) is 10.6 Å². The molecule has 2 N–H and O–H groups in total. The molecule has 0 spiro atoms. The fraction of sp³-hybridized carbons (Fsp3) is 0.562. The molecule has 126 valence electrons. The lowest BCUT2D eigenvalue weighted by atomic mass is 10.0. The van der Waals surface area contributed by atoms with Crippen molar-refractivity contribution in [3.63, 3.8) is 0 Å². The lowest BCUT2D eigenvalue weighted by molar-refractivity contribution is -0.116. The average molecular weight is 354 g/mol. The lowest BCUT2D eigenvalue weighted by Gasteiger charge is -2.22. The third kappa shape index (κ3) is 3.89. The van der Waals surface area contributed by atoms with Gasteiger partial charge in [0.1, 0.15) is 0 Å².